The van der Waals surface area contributed by atoms with Crippen molar-refractivity contribution in [3.05, 3.63) is 23.5 Å². The molecule has 4 nitrogen and oxygen atoms in total. The summed E-state index contributed by atoms with van der Waals surface area (Å²) in [7, 11) is -2.12. The van der Waals surface area contributed by atoms with Gasteiger partial charge in [0, 0.05) is 24.3 Å². The molecule has 106 valence electrons. The van der Waals surface area contributed by atoms with Crippen molar-refractivity contribution in [2.45, 2.75) is 43.5 Å². The molecule has 0 saturated heterocycles. The molecule has 0 unspecified atom stereocenters. The first-order valence-electron chi connectivity index (χ1n) is 6.37. The van der Waals surface area contributed by atoms with E-state index in [0.717, 1.165) is 31.7 Å². The van der Waals surface area contributed by atoms with Crippen LogP contribution < -0.4 is 5.73 Å². The summed E-state index contributed by atoms with van der Waals surface area (Å²) in [5.74, 6) is -0.585. The summed E-state index contributed by atoms with van der Waals surface area (Å²) in [4.78, 5) is -0.0283. The Morgan fingerprint density at radius 2 is 1.89 bits per heavy atom. The predicted molar refractivity (Wildman–Crippen MR) is 72.8 cm³/mol. The van der Waals surface area contributed by atoms with E-state index in [1.165, 1.54) is 17.3 Å². The molecule has 1 aliphatic rings. The molecule has 0 atom stereocenters. The van der Waals surface area contributed by atoms with Crippen LogP contribution in [0.15, 0.2) is 17.0 Å². The van der Waals surface area contributed by atoms with Gasteiger partial charge in [-0.3, -0.25) is 0 Å². The maximum absolute atomic E-state index is 13.6. The number of hydrogen-bond donors (Lipinski definition) is 1. The van der Waals surface area contributed by atoms with Gasteiger partial charge in [-0.1, -0.05) is 12.8 Å². The number of nitrogens with zero attached hydrogens (tertiary/aromatic N) is 1. The van der Waals surface area contributed by atoms with Crippen molar-refractivity contribution < 1.29 is 12.8 Å². The van der Waals surface area contributed by atoms with Gasteiger partial charge < -0.3 is 5.73 Å². The van der Waals surface area contributed by atoms with Gasteiger partial charge >= 0.3 is 0 Å². The molecule has 0 radical (unpaired) electrons. The van der Waals surface area contributed by atoms with E-state index < -0.39 is 15.8 Å². The Morgan fingerprint density at radius 1 is 1.32 bits per heavy atom. The van der Waals surface area contributed by atoms with Crippen LogP contribution in [0, 0.1) is 12.7 Å². The Balaban J connectivity index is 2.44. The molecule has 2 N–H and O–H groups in total. The standard InChI is InChI=1S/C13H19FN2O2S/c1-9-12(14)7-10(15)8-13(9)19(17,18)16(2)11-5-3-4-6-11/h7-8,11H,3-6,15H2,1-2H3. The first-order chi connectivity index (χ1) is 8.84. The third kappa shape index (κ3) is 2.60. The van der Waals surface area contributed by atoms with Crippen molar-refractivity contribution >= 4 is 15.7 Å². The van der Waals surface area contributed by atoms with Gasteiger partial charge in [-0.05, 0) is 31.9 Å². The van der Waals surface area contributed by atoms with E-state index in [2.05, 4.69) is 0 Å². The first kappa shape index (κ1) is 14.3. The number of halogens is 1. The molecule has 6 heteroatoms. The van der Waals surface area contributed by atoms with Gasteiger partial charge in [-0.15, -0.1) is 0 Å². The molecule has 1 fully saturated rings. The number of rotatable bonds is 3. The average Bonchev–Trinajstić information content (AvgIpc) is 2.86. The van der Waals surface area contributed by atoms with Crippen LogP contribution in [-0.2, 0) is 10.0 Å². The average molecular weight is 286 g/mol. The van der Waals surface area contributed by atoms with Crippen LogP contribution in [-0.4, -0.2) is 25.8 Å². The molecule has 1 aliphatic carbocycles. The third-order valence-corrected chi connectivity index (χ3v) is 5.85. The van der Waals surface area contributed by atoms with Crippen molar-refractivity contribution in [3.63, 3.8) is 0 Å². The molecule has 2 rings (SSSR count). The van der Waals surface area contributed by atoms with Gasteiger partial charge in [0.05, 0.1) is 4.90 Å². The zero-order valence-electron chi connectivity index (χ0n) is 11.2. The zero-order chi connectivity index (χ0) is 14.2. The van der Waals surface area contributed by atoms with Crippen molar-refractivity contribution in [3.8, 4) is 0 Å². The van der Waals surface area contributed by atoms with E-state index in [1.54, 1.807) is 7.05 Å². The Hall–Kier alpha value is -1.14. The number of nitrogen functional groups attached to an aromatic ring is 1. The number of hydrogen-bond acceptors (Lipinski definition) is 3. The second kappa shape index (κ2) is 5.09. The molecule has 19 heavy (non-hydrogen) atoms. The van der Waals surface area contributed by atoms with E-state index in [9.17, 15) is 12.8 Å². The van der Waals surface area contributed by atoms with Gasteiger partial charge in [-0.2, -0.15) is 4.31 Å². The lowest BCUT2D eigenvalue weighted by atomic mass is 10.2. The number of benzene rings is 1. The summed E-state index contributed by atoms with van der Waals surface area (Å²) in [5.41, 5.74) is 5.81. The summed E-state index contributed by atoms with van der Waals surface area (Å²) in [6.07, 6.45) is 3.79. The summed E-state index contributed by atoms with van der Waals surface area (Å²) in [6, 6.07) is 2.48. The lowest BCUT2D eigenvalue weighted by molar-refractivity contribution is 0.372. The van der Waals surface area contributed by atoms with Gasteiger partial charge in [-0.25, -0.2) is 12.8 Å². The first-order valence-corrected chi connectivity index (χ1v) is 7.81. The lowest BCUT2D eigenvalue weighted by Crippen LogP contribution is -2.35. The van der Waals surface area contributed by atoms with Crippen LogP contribution in [0.2, 0.25) is 0 Å². The quantitative estimate of drug-likeness (QED) is 0.867. The zero-order valence-corrected chi connectivity index (χ0v) is 12.0. The summed E-state index contributed by atoms with van der Waals surface area (Å²) >= 11 is 0. The van der Waals surface area contributed by atoms with Crippen LogP contribution in [0.3, 0.4) is 0 Å². The van der Waals surface area contributed by atoms with E-state index >= 15 is 0 Å². The molecule has 0 heterocycles. The topological polar surface area (TPSA) is 63.4 Å². The largest absolute Gasteiger partial charge is 0.399 e. The Labute approximate surface area is 113 Å². The number of anilines is 1. The molecule has 1 aromatic carbocycles. The second-order valence-corrected chi connectivity index (χ2v) is 7.05. The van der Waals surface area contributed by atoms with Crippen molar-refractivity contribution in [1.82, 2.24) is 4.31 Å². The highest BCUT2D eigenvalue weighted by Crippen LogP contribution is 2.30. The Bertz CT molecular complexity index is 581. The normalized spacial score (nSPS) is 17.3. The summed E-state index contributed by atoms with van der Waals surface area (Å²) in [6.45, 7) is 1.46. The van der Waals surface area contributed by atoms with Crippen LogP contribution in [0.4, 0.5) is 10.1 Å². The fourth-order valence-corrected chi connectivity index (χ4v) is 4.24. The van der Waals surface area contributed by atoms with Gasteiger partial charge in [0.15, 0.2) is 0 Å². The molecular weight excluding hydrogens is 267 g/mol. The minimum atomic E-state index is -3.68. The van der Waals surface area contributed by atoms with Crippen molar-refractivity contribution in [1.29, 1.82) is 0 Å². The van der Waals surface area contributed by atoms with Crippen LogP contribution in [0.1, 0.15) is 31.2 Å². The molecule has 0 bridgehead atoms. The van der Waals surface area contributed by atoms with Crippen LogP contribution in [0.5, 0.6) is 0 Å². The van der Waals surface area contributed by atoms with Gasteiger partial charge in [0.1, 0.15) is 5.82 Å². The maximum atomic E-state index is 13.6. The minimum absolute atomic E-state index is 0.00823. The smallest absolute Gasteiger partial charge is 0.243 e. The number of nitrogens with two attached hydrogens (primary N) is 1. The van der Waals surface area contributed by atoms with Crippen molar-refractivity contribution in [2.75, 3.05) is 12.8 Å². The summed E-state index contributed by atoms with van der Waals surface area (Å²) < 4.78 is 40.1. The van der Waals surface area contributed by atoms with E-state index in [0.29, 0.717) is 0 Å². The highest BCUT2D eigenvalue weighted by Gasteiger charge is 2.31. The maximum Gasteiger partial charge on any atom is 0.243 e. The van der Waals surface area contributed by atoms with E-state index in [4.69, 9.17) is 5.73 Å². The SMILES string of the molecule is Cc1c(F)cc(N)cc1S(=O)(=O)N(C)C1CCCC1. The Morgan fingerprint density at radius 3 is 2.47 bits per heavy atom. The fourth-order valence-electron chi connectivity index (χ4n) is 2.56. The summed E-state index contributed by atoms with van der Waals surface area (Å²) in [5, 5.41) is 0. The third-order valence-electron chi connectivity index (χ3n) is 3.81. The minimum Gasteiger partial charge on any atom is -0.399 e. The molecule has 0 spiro atoms. The highest BCUT2D eigenvalue weighted by molar-refractivity contribution is 7.89. The molecule has 0 aliphatic heterocycles. The molecule has 0 aromatic heterocycles. The van der Waals surface area contributed by atoms with Crippen LogP contribution in [0.25, 0.3) is 0 Å². The monoisotopic (exact) mass is 286 g/mol. The Kier molecular flexibility index (Phi) is 3.82. The molecule has 0 amide bonds. The molecule has 1 aromatic rings. The van der Waals surface area contributed by atoms with Gasteiger partial charge in [0.25, 0.3) is 0 Å². The second-order valence-electron chi connectivity index (χ2n) is 5.09. The lowest BCUT2D eigenvalue weighted by Gasteiger charge is -2.24. The predicted octanol–water partition coefficient (Wildman–Crippen LogP) is 2.28. The van der Waals surface area contributed by atoms with E-state index in [-0.39, 0.29) is 22.2 Å². The number of sulfonamides is 1. The molecular formula is C13H19FN2O2S. The van der Waals surface area contributed by atoms with Crippen LogP contribution >= 0.6 is 0 Å². The molecule has 1 saturated carbocycles. The fraction of sp³-hybridized carbons (Fsp3) is 0.538. The van der Waals surface area contributed by atoms with Gasteiger partial charge in [0.2, 0.25) is 10.0 Å². The van der Waals surface area contributed by atoms with E-state index in [1.807, 2.05) is 0 Å². The highest BCUT2D eigenvalue weighted by atomic mass is 32.2. The van der Waals surface area contributed by atoms with Crippen molar-refractivity contribution in [2.24, 2.45) is 0 Å².